The summed E-state index contributed by atoms with van der Waals surface area (Å²) in [5, 5.41) is 13.4. The second-order valence-electron chi connectivity index (χ2n) is 3.69. The number of carbonyl (C=O) groups is 1. The Balaban J connectivity index is 2.95. The van der Waals surface area contributed by atoms with E-state index in [1.54, 1.807) is 6.92 Å². The minimum atomic E-state index is -0.570. The molecule has 1 rings (SSSR count). The quantitative estimate of drug-likeness (QED) is 0.507. The van der Waals surface area contributed by atoms with E-state index in [2.05, 4.69) is 5.32 Å². The number of hydrogen-bond acceptors (Lipinski definition) is 4. The van der Waals surface area contributed by atoms with Crippen LogP contribution in [0.15, 0.2) is 18.2 Å². The predicted molar refractivity (Wildman–Crippen MR) is 68.2 cm³/mol. The number of rotatable bonds is 5. The van der Waals surface area contributed by atoms with E-state index in [1.807, 2.05) is 0 Å². The third-order valence-electron chi connectivity index (χ3n) is 2.32. The van der Waals surface area contributed by atoms with Crippen LogP contribution in [-0.2, 0) is 4.79 Å². The van der Waals surface area contributed by atoms with Crippen LogP contribution < -0.4 is 10.1 Å². The van der Waals surface area contributed by atoms with E-state index >= 15 is 0 Å². The van der Waals surface area contributed by atoms with Gasteiger partial charge in [0.2, 0.25) is 5.91 Å². The second kappa shape index (κ2) is 6.20. The first-order chi connectivity index (χ1) is 8.49. The van der Waals surface area contributed by atoms with Gasteiger partial charge in [-0.15, -0.1) is 11.6 Å². The number of nitrogens with zero attached hydrogens (tertiary/aromatic N) is 1. The smallest absolute Gasteiger partial charge is 0.312 e. The first-order valence-corrected chi connectivity index (χ1v) is 5.72. The molecule has 0 heterocycles. The lowest BCUT2D eigenvalue weighted by Crippen LogP contribution is -2.21. The molecule has 0 fully saturated rings. The molecule has 1 amide bonds. The number of nitro groups is 1. The van der Waals surface area contributed by atoms with Crippen molar-refractivity contribution in [3.05, 3.63) is 28.3 Å². The molecule has 18 heavy (non-hydrogen) atoms. The fourth-order valence-corrected chi connectivity index (χ4v) is 1.39. The number of anilines is 1. The van der Waals surface area contributed by atoms with Crippen LogP contribution >= 0.6 is 11.6 Å². The molecule has 0 saturated heterocycles. The van der Waals surface area contributed by atoms with Crippen molar-refractivity contribution < 1.29 is 14.5 Å². The van der Waals surface area contributed by atoms with Gasteiger partial charge in [-0.2, -0.15) is 0 Å². The highest BCUT2D eigenvalue weighted by atomic mass is 35.5. The maximum absolute atomic E-state index is 11.6. The van der Waals surface area contributed by atoms with Crippen molar-refractivity contribution in [1.29, 1.82) is 0 Å². The number of hydrogen-bond donors (Lipinski definition) is 1. The topological polar surface area (TPSA) is 81.5 Å². The van der Waals surface area contributed by atoms with Crippen molar-refractivity contribution in [2.45, 2.75) is 6.92 Å². The molecule has 1 aromatic carbocycles. The van der Waals surface area contributed by atoms with Crippen molar-refractivity contribution in [3.63, 3.8) is 0 Å². The Bertz CT molecular complexity index is 464. The molecular weight excluding hydrogens is 260 g/mol. The van der Waals surface area contributed by atoms with E-state index in [0.29, 0.717) is 5.69 Å². The summed E-state index contributed by atoms with van der Waals surface area (Å²) in [6.07, 6.45) is 0. The molecule has 0 bridgehead atoms. The average Bonchev–Trinajstić information content (AvgIpc) is 2.37. The zero-order valence-corrected chi connectivity index (χ0v) is 10.7. The summed E-state index contributed by atoms with van der Waals surface area (Å²) in [6.45, 7) is 1.67. The maximum Gasteiger partial charge on any atom is 0.312 e. The summed E-state index contributed by atoms with van der Waals surface area (Å²) >= 11 is 5.55. The number of methoxy groups -OCH3 is 1. The molecule has 1 atom stereocenters. The number of nitrogens with one attached hydrogen (secondary N) is 1. The van der Waals surface area contributed by atoms with Gasteiger partial charge in [-0.1, -0.05) is 6.92 Å². The molecule has 0 aromatic heterocycles. The fourth-order valence-electron chi connectivity index (χ4n) is 1.25. The lowest BCUT2D eigenvalue weighted by molar-refractivity contribution is -0.385. The Morgan fingerprint density at radius 2 is 2.28 bits per heavy atom. The molecule has 0 spiro atoms. The molecular formula is C11H13ClN2O4. The molecule has 0 saturated carbocycles. The van der Waals surface area contributed by atoms with Gasteiger partial charge < -0.3 is 10.1 Å². The van der Waals surface area contributed by atoms with Gasteiger partial charge >= 0.3 is 5.69 Å². The number of amides is 1. The SMILES string of the molecule is COc1ccc(NC(=O)C(C)CCl)cc1[N+](=O)[O-]. The van der Waals surface area contributed by atoms with Crippen LogP contribution in [0.1, 0.15) is 6.92 Å². The van der Waals surface area contributed by atoms with Gasteiger partial charge in [0.15, 0.2) is 5.75 Å². The van der Waals surface area contributed by atoms with Gasteiger partial charge in [0.25, 0.3) is 0 Å². The van der Waals surface area contributed by atoms with Crippen LogP contribution in [0.25, 0.3) is 0 Å². The zero-order chi connectivity index (χ0) is 13.7. The highest BCUT2D eigenvalue weighted by Crippen LogP contribution is 2.29. The van der Waals surface area contributed by atoms with Crippen LogP contribution in [0.2, 0.25) is 0 Å². The molecule has 1 N–H and O–H groups in total. The molecule has 0 aliphatic heterocycles. The maximum atomic E-state index is 11.6. The zero-order valence-electron chi connectivity index (χ0n) is 9.97. The third kappa shape index (κ3) is 3.33. The average molecular weight is 273 g/mol. The molecule has 0 aliphatic carbocycles. The number of alkyl halides is 1. The molecule has 98 valence electrons. The van der Waals surface area contributed by atoms with Crippen LogP contribution in [0, 0.1) is 16.0 Å². The fraction of sp³-hybridized carbons (Fsp3) is 0.364. The van der Waals surface area contributed by atoms with Gasteiger partial charge in [-0.25, -0.2) is 0 Å². The van der Waals surface area contributed by atoms with Crippen LogP contribution in [-0.4, -0.2) is 23.8 Å². The summed E-state index contributed by atoms with van der Waals surface area (Å²) in [7, 11) is 1.34. The summed E-state index contributed by atoms with van der Waals surface area (Å²) in [4.78, 5) is 21.8. The lowest BCUT2D eigenvalue weighted by Gasteiger charge is -2.10. The summed E-state index contributed by atoms with van der Waals surface area (Å²) in [5.74, 6) is -0.329. The Kier molecular flexibility index (Phi) is 4.91. The van der Waals surface area contributed by atoms with E-state index in [9.17, 15) is 14.9 Å². The highest BCUT2D eigenvalue weighted by molar-refractivity contribution is 6.19. The van der Waals surface area contributed by atoms with Gasteiger partial charge in [-0.05, 0) is 12.1 Å². The van der Waals surface area contributed by atoms with Gasteiger partial charge in [0.1, 0.15) is 0 Å². The van der Waals surface area contributed by atoms with Crippen LogP contribution in [0.4, 0.5) is 11.4 Å². The van der Waals surface area contributed by atoms with E-state index in [-0.39, 0.29) is 29.1 Å². The number of nitro benzene ring substituents is 1. The molecule has 0 aliphatic rings. The number of carbonyl (C=O) groups excluding carboxylic acids is 1. The standard InChI is InChI=1S/C11H13ClN2O4/c1-7(6-12)11(15)13-8-3-4-10(18-2)9(5-8)14(16)17/h3-5,7H,6H2,1-2H3,(H,13,15). The molecule has 1 unspecified atom stereocenters. The minimum Gasteiger partial charge on any atom is -0.490 e. The van der Waals surface area contributed by atoms with Crippen molar-refractivity contribution in [1.82, 2.24) is 0 Å². The van der Waals surface area contributed by atoms with E-state index < -0.39 is 4.92 Å². The lowest BCUT2D eigenvalue weighted by atomic mass is 10.2. The van der Waals surface area contributed by atoms with E-state index in [4.69, 9.17) is 16.3 Å². The van der Waals surface area contributed by atoms with Crippen molar-refractivity contribution >= 4 is 28.9 Å². The largest absolute Gasteiger partial charge is 0.490 e. The summed E-state index contributed by atoms with van der Waals surface area (Å²) < 4.78 is 4.86. The van der Waals surface area contributed by atoms with Crippen molar-refractivity contribution in [3.8, 4) is 5.75 Å². The van der Waals surface area contributed by atoms with Crippen LogP contribution in [0.5, 0.6) is 5.75 Å². The number of ether oxygens (including phenoxy) is 1. The van der Waals surface area contributed by atoms with Crippen molar-refractivity contribution in [2.24, 2.45) is 5.92 Å². The molecule has 6 nitrogen and oxygen atoms in total. The Hall–Kier alpha value is -1.82. The molecule has 1 aromatic rings. The second-order valence-corrected chi connectivity index (χ2v) is 4.00. The van der Waals surface area contributed by atoms with Gasteiger partial charge in [0, 0.05) is 23.6 Å². The monoisotopic (exact) mass is 272 g/mol. The van der Waals surface area contributed by atoms with Gasteiger partial charge in [0.05, 0.1) is 12.0 Å². The van der Waals surface area contributed by atoms with Crippen LogP contribution in [0.3, 0.4) is 0 Å². The molecule has 0 radical (unpaired) electrons. The van der Waals surface area contributed by atoms with E-state index in [1.165, 1.54) is 25.3 Å². The summed E-state index contributed by atoms with van der Waals surface area (Å²) in [5.41, 5.74) is 0.137. The number of benzene rings is 1. The minimum absolute atomic E-state index is 0.142. The first-order valence-electron chi connectivity index (χ1n) is 5.18. The third-order valence-corrected chi connectivity index (χ3v) is 2.79. The Morgan fingerprint density at radius 1 is 1.61 bits per heavy atom. The molecule has 7 heteroatoms. The summed E-state index contributed by atoms with van der Waals surface area (Å²) in [6, 6.07) is 4.21. The normalized spacial score (nSPS) is 11.7. The van der Waals surface area contributed by atoms with E-state index in [0.717, 1.165) is 0 Å². The van der Waals surface area contributed by atoms with Crippen molar-refractivity contribution in [2.75, 3.05) is 18.3 Å². The highest BCUT2D eigenvalue weighted by Gasteiger charge is 2.17. The first kappa shape index (κ1) is 14.2. The predicted octanol–water partition coefficient (Wildman–Crippen LogP) is 2.42. The number of halogens is 1. The van der Waals surface area contributed by atoms with Gasteiger partial charge in [-0.3, -0.25) is 14.9 Å². The Morgan fingerprint density at radius 3 is 2.78 bits per heavy atom. The Labute approximate surface area is 109 Å².